The molecule has 0 saturated carbocycles. The second-order valence-corrected chi connectivity index (χ2v) is 6.85. The maximum absolute atomic E-state index is 13.0. The Morgan fingerprint density at radius 3 is 2.03 bits per heavy atom. The molecule has 2 aromatic carbocycles. The van der Waals surface area contributed by atoms with Gasteiger partial charge in [-0.1, -0.05) is 6.07 Å². The van der Waals surface area contributed by atoms with Crippen LogP contribution in [-0.4, -0.2) is 45.4 Å². The first-order valence-electron chi connectivity index (χ1n) is 9.44. The predicted molar refractivity (Wildman–Crippen MR) is 110 cm³/mol. The number of benzene rings is 2. The summed E-state index contributed by atoms with van der Waals surface area (Å²) in [6, 6.07) is 9.55. The van der Waals surface area contributed by atoms with Crippen LogP contribution in [0.1, 0.15) is 24.4 Å². The number of nitrogens with zero attached hydrogens (tertiary/aromatic N) is 1. The molecule has 0 aliphatic carbocycles. The zero-order valence-electron chi connectivity index (χ0n) is 17.4. The molecule has 2 aromatic rings. The summed E-state index contributed by atoms with van der Waals surface area (Å²) in [5.41, 5.74) is 1.17. The molecule has 8 heteroatoms. The van der Waals surface area contributed by atoms with Gasteiger partial charge in [-0.3, -0.25) is 9.59 Å². The van der Waals surface area contributed by atoms with E-state index in [0.29, 0.717) is 34.2 Å². The second kappa shape index (κ2) is 8.94. The van der Waals surface area contributed by atoms with Crippen molar-refractivity contribution in [1.82, 2.24) is 0 Å². The molecule has 8 nitrogen and oxygen atoms in total. The van der Waals surface area contributed by atoms with E-state index in [1.165, 1.54) is 33.3 Å². The number of carboxylic acids is 1. The second-order valence-electron chi connectivity index (χ2n) is 6.85. The van der Waals surface area contributed by atoms with E-state index in [1.54, 1.807) is 36.4 Å². The van der Waals surface area contributed by atoms with Crippen molar-refractivity contribution >= 4 is 17.6 Å². The zero-order valence-corrected chi connectivity index (χ0v) is 17.4. The molecule has 160 valence electrons. The highest BCUT2D eigenvalue weighted by molar-refractivity contribution is 5.97. The van der Waals surface area contributed by atoms with Crippen molar-refractivity contribution in [1.29, 1.82) is 0 Å². The van der Waals surface area contributed by atoms with E-state index in [4.69, 9.17) is 18.9 Å². The first-order chi connectivity index (χ1) is 14.4. The van der Waals surface area contributed by atoms with Gasteiger partial charge >= 0.3 is 5.97 Å². The van der Waals surface area contributed by atoms with Crippen LogP contribution >= 0.6 is 0 Å². The maximum Gasteiger partial charge on any atom is 0.308 e. The summed E-state index contributed by atoms with van der Waals surface area (Å²) in [4.78, 5) is 26.6. The minimum absolute atomic E-state index is 0.134. The first-order valence-corrected chi connectivity index (χ1v) is 9.44. The number of anilines is 1. The number of methoxy groups -OCH3 is 4. The number of amides is 1. The Bertz CT molecular complexity index is 943. The fourth-order valence-corrected chi connectivity index (χ4v) is 3.85. The molecule has 1 fully saturated rings. The van der Waals surface area contributed by atoms with Crippen LogP contribution in [0.4, 0.5) is 5.69 Å². The van der Waals surface area contributed by atoms with E-state index in [0.717, 1.165) is 0 Å². The van der Waals surface area contributed by atoms with Crippen molar-refractivity contribution in [2.24, 2.45) is 5.92 Å². The summed E-state index contributed by atoms with van der Waals surface area (Å²) in [5.74, 6) is 0.0352. The zero-order chi connectivity index (χ0) is 21.8. The van der Waals surface area contributed by atoms with Crippen molar-refractivity contribution in [2.75, 3.05) is 33.3 Å². The van der Waals surface area contributed by atoms with E-state index in [1.807, 2.05) is 0 Å². The lowest BCUT2D eigenvalue weighted by molar-refractivity contribution is -0.144. The molecule has 1 saturated heterocycles. The molecule has 0 spiro atoms. The van der Waals surface area contributed by atoms with E-state index in [-0.39, 0.29) is 18.7 Å². The minimum atomic E-state index is -0.965. The van der Waals surface area contributed by atoms with Crippen LogP contribution in [0.2, 0.25) is 0 Å². The molecule has 3 rings (SSSR count). The van der Waals surface area contributed by atoms with Gasteiger partial charge in [0.15, 0.2) is 23.0 Å². The minimum Gasteiger partial charge on any atom is -0.493 e. The van der Waals surface area contributed by atoms with E-state index < -0.39 is 17.9 Å². The third-order valence-corrected chi connectivity index (χ3v) is 5.31. The number of rotatable bonds is 7. The van der Waals surface area contributed by atoms with Crippen LogP contribution in [0.15, 0.2) is 36.4 Å². The average molecular weight is 415 g/mol. The summed E-state index contributed by atoms with van der Waals surface area (Å²) in [6.45, 7) is 0. The summed E-state index contributed by atoms with van der Waals surface area (Å²) < 4.78 is 21.3. The number of hydrogen-bond donors (Lipinski definition) is 1. The Hall–Kier alpha value is -3.42. The number of carboxylic acid groups (broad SMARTS) is 1. The van der Waals surface area contributed by atoms with Crippen LogP contribution in [0.5, 0.6) is 23.0 Å². The van der Waals surface area contributed by atoms with E-state index >= 15 is 0 Å². The summed E-state index contributed by atoms with van der Waals surface area (Å²) in [6.07, 6.45) is 0.381. The van der Waals surface area contributed by atoms with Gasteiger partial charge in [0.05, 0.1) is 40.4 Å². The maximum atomic E-state index is 13.0. The van der Waals surface area contributed by atoms with Gasteiger partial charge in [-0.15, -0.1) is 0 Å². The quantitative estimate of drug-likeness (QED) is 0.741. The van der Waals surface area contributed by atoms with Gasteiger partial charge in [0.2, 0.25) is 5.91 Å². The molecule has 0 aromatic heterocycles. The van der Waals surface area contributed by atoms with Gasteiger partial charge < -0.3 is 29.0 Å². The highest BCUT2D eigenvalue weighted by Crippen LogP contribution is 2.44. The van der Waals surface area contributed by atoms with Crippen molar-refractivity contribution in [2.45, 2.75) is 18.9 Å². The van der Waals surface area contributed by atoms with Gasteiger partial charge in [-0.2, -0.15) is 0 Å². The van der Waals surface area contributed by atoms with Crippen molar-refractivity contribution in [3.63, 3.8) is 0 Å². The van der Waals surface area contributed by atoms with Gasteiger partial charge in [0.1, 0.15) is 0 Å². The fourth-order valence-electron chi connectivity index (χ4n) is 3.85. The summed E-state index contributed by atoms with van der Waals surface area (Å²) >= 11 is 0. The van der Waals surface area contributed by atoms with Gasteiger partial charge in [-0.25, -0.2) is 0 Å². The third-order valence-electron chi connectivity index (χ3n) is 5.31. The van der Waals surface area contributed by atoms with Crippen LogP contribution < -0.4 is 23.8 Å². The lowest BCUT2D eigenvalue weighted by atomic mass is 9.83. The molecule has 1 amide bonds. The van der Waals surface area contributed by atoms with Crippen LogP contribution in [0, 0.1) is 5.92 Å². The van der Waals surface area contributed by atoms with Gasteiger partial charge in [0, 0.05) is 18.2 Å². The van der Waals surface area contributed by atoms with Gasteiger partial charge in [0.25, 0.3) is 0 Å². The molecule has 1 aliphatic heterocycles. The lowest BCUT2D eigenvalue weighted by Crippen LogP contribution is -2.45. The topological polar surface area (TPSA) is 94.5 Å². The molecule has 0 unspecified atom stereocenters. The number of ether oxygens (including phenoxy) is 4. The van der Waals surface area contributed by atoms with Crippen LogP contribution in [0.25, 0.3) is 0 Å². The Labute approximate surface area is 174 Å². The van der Waals surface area contributed by atoms with Crippen molar-refractivity contribution in [3.8, 4) is 23.0 Å². The lowest BCUT2D eigenvalue weighted by Gasteiger charge is -2.40. The molecular weight excluding hydrogens is 390 g/mol. The average Bonchev–Trinajstić information content (AvgIpc) is 2.77. The largest absolute Gasteiger partial charge is 0.493 e. The molecule has 1 aliphatic rings. The standard InChI is InChI=1S/C22H25NO7/c1-27-16-8-5-13(11-18(16)29-3)21-15(22(25)26)7-10-20(24)23(21)14-6-9-17(28-2)19(12-14)30-4/h5-6,8-9,11-12,15,21H,7,10H2,1-4H3,(H,25,26)/t15-,21-/m1/s1. The number of carbonyl (C=O) groups is 2. The van der Waals surface area contributed by atoms with Gasteiger partial charge in [-0.05, 0) is 36.2 Å². The Morgan fingerprint density at radius 2 is 1.47 bits per heavy atom. The van der Waals surface area contributed by atoms with E-state index in [9.17, 15) is 14.7 Å². The summed E-state index contributed by atoms with van der Waals surface area (Å²) in [7, 11) is 6.06. The third kappa shape index (κ3) is 3.85. The van der Waals surface area contributed by atoms with Crippen LogP contribution in [0.3, 0.4) is 0 Å². The smallest absolute Gasteiger partial charge is 0.308 e. The Morgan fingerprint density at radius 1 is 0.900 bits per heavy atom. The van der Waals surface area contributed by atoms with Crippen LogP contribution in [-0.2, 0) is 9.59 Å². The van der Waals surface area contributed by atoms with Crippen molar-refractivity contribution in [3.05, 3.63) is 42.0 Å². The number of hydrogen-bond acceptors (Lipinski definition) is 6. The highest BCUT2D eigenvalue weighted by atomic mass is 16.5. The molecular formula is C22H25NO7. The number of carbonyl (C=O) groups excluding carboxylic acids is 1. The number of aliphatic carboxylic acids is 1. The molecule has 0 bridgehead atoms. The van der Waals surface area contributed by atoms with E-state index in [2.05, 4.69) is 0 Å². The monoisotopic (exact) mass is 415 g/mol. The number of piperidine rings is 1. The first kappa shape index (κ1) is 21.3. The Balaban J connectivity index is 2.15. The molecule has 1 N–H and O–H groups in total. The normalized spacial score (nSPS) is 18.7. The van der Waals surface area contributed by atoms with Crippen molar-refractivity contribution < 1.29 is 33.6 Å². The summed E-state index contributed by atoms with van der Waals surface area (Å²) in [5, 5.41) is 9.89. The Kier molecular flexibility index (Phi) is 6.34. The molecule has 30 heavy (non-hydrogen) atoms. The molecule has 2 atom stereocenters. The predicted octanol–water partition coefficient (Wildman–Crippen LogP) is 3.29. The SMILES string of the molecule is COc1ccc([C@@H]2[C@H](C(=O)O)CCC(=O)N2c2ccc(OC)c(OC)c2)cc1OC. The highest BCUT2D eigenvalue weighted by Gasteiger charge is 2.42. The molecule has 0 radical (unpaired) electrons. The molecule has 1 heterocycles. The fraction of sp³-hybridized carbons (Fsp3) is 0.364.